The molecule has 1 heterocycles. The van der Waals surface area contributed by atoms with Gasteiger partial charge in [0.15, 0.2) is 0 Å². The number of benzene rings is 1. The highest BCUT2D eigenvalue weighted by molar-refractivity contribution is 6.62. The maximum atomic E-state index is 12.0. The Kier molecular flexibility index (Phi) is 4.05. The molecule has 1 amide bonds. The minimum Gasteiger partial charge on any atom is -0.399 e. The van der Waals surface area contributed by atoms with Crippen LogP contribution in [0, 0.1) is 5.92 Å². The Labute approximate surface area is 139 Å². The fraction of sp³-hybridized carbons (Fsp3) is 0.611. The van der Waals surface area contributed by atoms with Crippen molar-refractivity contribution >= 4 is 18.5 Å². The topological polar surface area (TPSA) is 38.8 Å². The monoisotopic (exact) mass is 315 g/mol. The number of carbonyl (C=O) groups excluding carboxylic acids is 1. The summed E-state index contributed by atoms with van der Waals surface area (Å²) in [5.41, 5.74) is 1.49. The van der Waals surface area contributed by atoms with Crippen molar-refractivity contribution in [1.29, 1.82) is 0 Å². The first-order valence-corrected chi connectivity index (χ1v) is 8.39. The largest absolute Gasteiger partial charge is 0.494 e. The molecule has 1 aliphatic carbocycles. The third-order valence-corrected chi connectivity index (χ3v) is 5.23. The van der Waals surface area contributed by atoms with Gasteiger partial charge in [-0.2, -0.15) is 0 Å². The highest BCUT2D eigenvalue weighted by atomic mass is 16.7. The van der Waals surface area contributed by atoms with Crippen LogP contribution in [0.25, 0.3) is 0 Å². The summed E-state index contributed by atoms with van der Waals surface area (Å²) in [6.45, 7) is 8.87. The van der Waals surface area contributed by atoms with Gasteiger partial charge in [0.2, 0.25) is 5.91 Å². The summed E-state index contributed by atoms with van der Waals surface area (Å²) in [5.74, 6) is 0.532. The van der Waals surface area contributed by atoms with Crippen LogP contribution < -0.4 is 5.46 Å². The van der Waals surface area contributed by atoms with E-state index in [4.69, 9.17) is 9.31 Å². The smallest absolute Gasteiger partial charge is 0.399 e. The number of hydrogen-bond donors (Lipinski definition) is 0. The summed E-state index contributed by atoms with van der Waals surface area (Å²) < 4.78 is 12.1. The van der Waals surface area contributed by atoms with Crippen molar-refractivity contribution in [3.8, 4) is 0 Å². The Morgan fingerprint density at radius 1 is 1.13 bits per heavy atom. The molecule has 4 nitrogen and oxygen atoms in total. The SMILES string of the molecule is CN(Cc1ccc(B2OC(C)(C)C(C)(C)O2)cc1)C(=O)C1CC1. The van der Waals surface area contributed by atoms with Gasteiger partial charge in [-0.15, -0.1) is 0 Å². The van der Waals surface area contributed by atoms with E-state index in [9.17, 15) is 4.79 Å². The van der Waals surface area contributed by atoms with Gasteiger partial charge < -0.3 is 14.2 Å². The predicted octanol–water partition coefficient (Wildman–Crippen LogP) is 2.35. The lowest BCUT2D eigenvalue weighted by atomic mass is 9.79. The first-order valence-electron chi connectivity index (χ1n) is 8.39. The Balaban J connectivity index is 1.65. The van der Waals surface area contributed by atoms with Crippen LogP contribution in [0.5, 0.6) is 0 Å². The van der Waals surface area contributed by atoms with Crippen molar-refractivity contribution in [3.05, 3.63) is 29.8 Å². The Morgan fingerprint density at radius 2 is 1.65 bits per heavy atom. The standard InChI is InChI=1S/C18H26BNO3/c1-17(2)18(3,4)23-19(22-17)15-10-6-13(7-11-15)12-20(5)16(21)14-8-9-14/h6-7,10-11,14H,8-9,12H2,1-5H3. The molecular weight excluding hydrogens is 289 g/mol. The summed E-state index contributed by atoms with van der Waals surface area (Å²) in [4.78, 5) is 13.8. The average molecular weight is 315 g/mol. The van der Waals surface area contributed by atoms with E-state index in [1.807, 2.05) is 24.1 Å². The minimum absolute atomic E-state index is 0.264. The lowest BCUT2D eigenvalue weighted by Gasteiger charge is -2.32. The second-order valence-corrected chi connectivity index (χ2v) is 7.80. The number of amides is 1. The van der Waals surface area contributed by atoms with E-state index in [2.05, 4.69) is 39.8 Å². The maximum Gasteiger partial charge on any atom is 0.494 e. The molecule has 23 heavy (non-hydrogen) atoms. The van der Waals surface area contributed by atoms with Crippen LogP contribution in [0.15, 0.2) is 24.3 Å². The first kappa shape index (κ1) is 16.5. The molecule has 0 spiro atoms. The Morgan fingerprint density at radius 3 is 2.13 bits per heavy atom. The van der Waals surface area contributed by atoms with Gasteiger partial charge in [-0.1, -0.05) is 24.3 Å². The second kappa shape index (κ2) is 5.64. The van der Waals surface area contributed by atoms with Gasteiger partial charge in [0.05, 0.1) is 11.2 Å². The van der Waals surface area contributed by atoms with Gasteiger partial charge in [-0.25, -0.2) is 0 Å². The number of nitrogens with zero attached hydrogens (tertiary/aromatic N) is 1. The zero-order valence-electron chi connectivity index (χ0n) is 14.8. The van der Waals surface area contributed by atoms with E-state index < -0.39 is 0 Å². The normalized spacial score (nSPS) is 22.2. The zero-order valence-corrected chi connectivity index (χ0v) is 14.8. The third-order valence-electron chi connectivity index (χ3n) is 5.23. The van der Waals surface area contributed by atoms with Crippen molar-refractivity contribution in [2.45, 2.75) is 58.3 Å². The molecule has 1 saturated heterocycles. The molecule has 5 heteroatoms. The van der Waals surface area contributed by atoms with Gasteiger partial charge in [-0.05, 0) is 51.6 Å². The molecule has 0 bridgehead atoms. The molecule has 3 rings (SSSR count). The van der Waals surface area contributed by atoms with E-state index in [0.717, 1.165) is 23.9 Å². The summed E-state index contributed by atoms with van der Waals surface area (Å²) in [5, 5.41) is 0. The van der Waals surface area contributed by atoms with E-state index >= 15 is 0 Å². The molecule has 0 atom stereocenters. The number of carbonyl (C=O) groups is 1. The first-order chi connectivity index (χ1) is 10.7. The predicted molar refractivity (Wildman–Crippen MR) is 91.4 cm³/mol. The van der Waals surface area contributed by atoms with E-state index in [1.54, 1.807) is 0 Å². The maximum absolute atomic E-state index is 12.0. The number of rotatable bonds is 4. The van der Waals surface area contributed by atoms with Crippen LogP contribution in [0.3, 0.4) is 0 Å². The van der Waals surface area contributed by atoms with Crippen molar-refractivity contribution in [2.24, 2.45) is 5.92 Å². The molecule has 1 aromatic carbocycles. The number of hydrogen-bond acceptors (Lipinski definition) is 3. The van der Waals surface area contributed by atoms with Gasteiger partial charge in [0.25, 0.3) is 0 Å². The van der Waals surface area contributed by atoms with Gasteiger partial charge in [0.1, 0.15) is 0 Å². The van der Waals surface area contributed by atoms with Crippen LogP contribution in [-0.2, 0) is 20.6 Å². The fourth-order valence-corrected chi connectivity index (χ4v) is 2.75. The fourth-order valence-electron chi connectivity index (χ4n) is 2.75. The Hall–Kier alpha value is -1.33. The molecule has 1 saturated carbocycles. The van der Waals surface area contributed by atoms with Crippen LogP contribution in [-0.4, -0.2) is 36.2 Å². The molecule has 1 aliphatic heterocycles. The Bertz CT molecular complexity index is 577. The molecule has 2 fully saturated rings. The van der Waals surface area contributed by atoms with Gasteiger partial charge in [0, 0.05) is 19.5 Å². The molecule has 0 radical (unpaired) electrons. The highest BCUT2D eigenvalue weighted by Crippen LogP contribution is 2.36. The zero-order chi connectivity index (χ0) is 16.8. The van der Waals surface area contributed by atoms with Gasteiger partial charge in [-0.3, -0.25) is 4.79 Å². The van der Waals surface area contributed by atoms with E-state index in [0.29, 0.717) is 6.54 Å². The third kappa shape index (κ3) is 3.31. The van der Waals surface area contributed by atoms with Crippen molar-refractivity contribution < 1.29 is 14.1 Å². The second-order valence-electron chi connectivity index (χ2n) is 7.80. The molecule has 0 aromatic heterocycles. The summed E-state index contributed by atoms with van der Waals surface area (Å²) in [6.07, 6.45) is 2.09. The van der Waals surface area contributed by atoms with Gasteiger partial charge >= 0.3 is 7.12 Å². The lowest BCUT2D eigenvalue weighted by molar-refractivity contribution is -0.131. The van der Waals surface area contributed by atoms with Crippen LogP contribution >= 0.6 is 0 Å². The molecule has 1 aromatic rings. The molecule has 0 N–H and O–H groups in total. The highest BCUT2D eigenvalue weighted by Gasteiger charge is 2.51. The molecule has 0 unspecified atom stereocenters. The molecular formula is C18H26BNO3. The minimum atomic E-state index is -0.333. The van der Waals surface area contributed by atoms with Crippen molar-refractivity contribution in [2.75, 3.05) is 7.05 Å². The average Bonchev–Trinajstić information content (AvgIpc) is 3.27. The summed E-state index contributed by atoms with van der Waals surface area (Å²) in [7, 11) is 1.54. The van der Waals surface area contributed by atoms with E-state index in [-0.39, 0.29) is 30.1 Å². The van der Waals surface area contributed by atoms with Crippen molar-refractivity contribution in [1.82, 2.24) is 4.90 Å². The van der Waals surface area contributed by atoms with Crippen molar-refractivity contribution in [3.63, 3.8) is 0 Å². The molecule has 2 aliphatic rings. The van der Waals surface area contributed by atoms with Crippen LogP contribution in [0.2, 0.25) is 0 Å². The lowest BCUT2D eigenvalue weighted by Crippen LogP contribution is -2.41. The quantitative estimate of drug-likeness (QED) is 0.801. The molecule has 124 valence electrons. The van der Waals surface area contributed by atoms with Crippen LogP contribution in [0.1, 0.15) is 46.1 Å². The van der Waals surface area contributed by atoms with Crippen LogP contribution in [0.4, 0.5) is 0 Å². The van der Waals surface area contributed by atoms with E-state index in [1.165, 1.54) is 0 Å². The summed E-state index contributed by atoms with van der Waals surface area (Å²) >= 11 is 0. The summed E-state index contributed by atoms with van der Waals surface area (Å²) in [6, 6.07) is 8.17.